The van der Waals surface area contributed by atoms with E-state index in [9.17, 15) is 0 Å². The third-order valence-corrected chi connectivity index (χ3v) is 2.84. The number of rotatable bonds is 3. The molecule has 2 rings (SSSR count). The van der Waals surface area contributed by atoms with Crippen molar-refractivity contribution in [3.8, 4) is 0 Å². The molecule has 0 spiro atoms. The average Bonchev–Trinajstić information content (AvgIpc) is 2.37. The second-order valence-electron chi connectivity index (χ2n) is 5.59. The second kappa shape index (κ2) is 5.63. The number of morpholine rings is 1. The lowest BCUT2D eigenvalue weighted by Gasteiger charge is -2.27. The van der Waals surface area contributed by atoms with Gasteiger partial charge in [0.1, 0.15) is 0 Å². The first-order valence-electron chi connectivity index (χ1n) is 6.45. The Labute approximate surface area is 109 Å². The molecule has 0 atom stereocenters. The Morgan fingerprint density at radius 3 is 2.50 bits per heavy atom. The number of nitrogens with zero attached hydrogens (tertiary/aromatic N) is 3. The summed E-state index contributed by atoms with van der Waals surface area (Å²) in [5, 5.41) is 11.9. The van der Waals surface area contributed by atoms with E-state index in [2.05, 4.69) is 41.2 Å². The van der Waals surface area contributed by atoms with E-state index in [1.54, 1.807) is 0 Å². The van der Waals surface area contributed by atoms with E-state index < -0.39 is 0 Å². The number of aromatic nitrogens is 2. The van der Waals surface area contributed by atoms with Gasteiger partial charge in [0.2, 0.25) is 0 Å². The van der Waals surface area contributed by atoms with E-state index in [4.69, 9.17) is 4.74 Å². The smallest absolute Gasteiger partial charge is 0.151 e. The lowest BCUT2D eigenvalue weighted by Crippen LogP contribution is -2.37. The molecule has 1 aromatic heterocycles. The molecule has 2 heterocycles. The molecule has 1 aliphatic rings. The molecule has 0 amide bonds. The van der Waals surface area contributed by atoms with Gasteiger partial charge in [-0.05, 0) is 32.9 Å². The summed E-state index contributed by atoms with van der Waals surface area (Å²) >= 11 is 0. The SMILES string of the molecule is CC(C)(C)NCc1ccc(N2CCOCC2)nn1. The predicted octanol–water partition coefficient (Wildman–Crippen LogP) is 1.20. The molecule has 0 radical (unpaired) electrons. The summed E-state index contributed by atoms with van der Waals surface area (Å²) < 4.78 is 5.32. The van der Waals surface area contributed by atoms with E-state index in [0.717, 1.165) is 44.4 Å². The minimum atomic E-state index is 0.102. The van der Waals surface area contributed by atoms with E-state index in [-0.39, 0.29) is 5.54 Å². The van der Waals surface area contributed by atoms with Crippen molar-refractivity contribution in [1.82, 2.24) is 15.5 Å². The monoisotopic (exact) mass is 250 g/mol. The third kappa shape index (κ3) is 3.92. The maximum absolute atomic E-state index is 5.32. The highest BCUT2D eigenvalue weighted by Crippen LogP contribution is 2.11. The van der Waals surface area contributed by atoms with Crippen LogP contribution >= 0.6 is 0 Å². The summed E-state index contributed by atoms with van der Waals surface area (Å²) in [5.74, 6) is 0.942. The lowest BCUT2D eigenvalue weighted by atomic mass is 10.1. The van der Waals surface area contributed by atoms with Gasteiger partial charge in [0.05, 0.1) is 18.9 Å². The predicted molar refractivity (Wildman–Crippen MR) is 71.7 cm³/mol. The molecule has 0 aliphatic carbocycles. The second-order valence-corrected chi connectivity index (χ2v) is 5.59. The first-order chi connectivity index (χ1) is 8.54. The van der Waals surface area contributed by atoms with Crippen molar-refractivity contribution in [2.24, 2.45) is 0 Å². The highest BCUT2D eigenvalue weighted by molar-refractivity contribution is 5.37. The number of hydrogen-bond donors (Lipinski definition) is 1. The van der Waals surface area contributed by atoms with E-state index in [1.165, 1.54) is 0 Å². The Morgan fingerprint density at radius 2 is 1.94 bits per heavy atom. The van der Waals surface area contributed by atoms with Gasteiger partial charge in [-0.1, -0.05) is 0 Å². The van der Waals surface area contributed by atoms with Gasteiger partial charge in [0.25, 0.3) is 0 Å². The standard InChI is InChI=1S/C13H22N4O/c1-13(2,3)14-10-11-4-5-12(16-15-11)17-6-8-18-9-7-17/h4-5,14H,6-10H2,1-3H3. The summed E-state index contributed by atoms with van der Waals surface area (Å²) in [6, 6.07) is 4.08. The minimum absolute atomic E-state index is 0.102. The number of hydrogen-bond acceptors (Lipinski definition) is 5. The Morgan fingerprint density at radius 1 is 1.22 bits per heavy atom. The summed E-state index contributed by atoms with van der Waals surface area (Å²) in [4.78, 5) is 2.21. The number of ether oxygens (including phenoxy) is 1. The van der Waals surface area contributed by atoms with Crippen LogP contribution in [0.25, 0.3) is 0 Å². The molecule has 100 valence electrons. The normalized spacial score (nSPS) is 16.9. The highest BCUT2D eigenvalue weighted by Gasteiger charge is 2.13. The van der Waals surface area contributed by atoms with E-state index in [1.807, 2.05) is 12.1 Å². The first kappa shape index (κ1) is 13.2. The van der Waals surface area contributed by atoms with Crippen LogP contribution in [-0.2, 0) is 11.3 Å². The zero-order chi connectivity index (χ0) is 13.0. The molecule has 1 N–H and O–H groups in total. The topological polar surface area (TPSA) is 50.3 Å². The molecule has 0 saturated carbocycles. The number of nitrogens with one attached hydrogen (secondary N) is 1. The van der Waals surface area contributed by atoms with Crippen molar-refractivity contribution < 1.29 is 4.74 Å². The molecule has 18 heavy (non-hydrogen) atoms. The Hall–Kier alpha value is -1.20. The van der Waals surface area contributed by atoms with Crippen LogP contribution in [0, 0.1) is 0 Å². The van der Waals surface area contributed by atoms with Gasteiger partial charge in [-0.15, -0.1) is 5.10 Å². The molecular weight excluding hydrogens is 228 g/mol. The van der Waals surface area contributed by atoms with Crippen LogP contribution in [0.1, 0.15) is 26.5 Å². The van der Waals surface area contributed by atoms with Crippen LogP contribution in [0.2, 0.25) is 0 Å². The van der Waals surface area contributed by atoms with Crippen molar-refractivity contribution >= 4 is 5.82 Å². The number of anilines is 1. The van der Waals surface area contributed by atoms with Gasteiger partial charge >= 0.3 is 0 Å². The maximum atomic E-state index is 5.32. The average molecular weight is 250 g/mol. The molecule has 5 heteroatoms. The summed E-state index contributed by atoms with van der Waals surface area (Å²) in [5.41, 5.74) is 1.08. The molecule has 0 aromatic carbocycles. The summed E-state index contributed by atoms with van der Waals surface area (Å²) in [6.07, 6.45) is 0. The minimum Gasteiger partial charge on any atom is -0.378 e. The van der Waals surface area contributed by atoms with Crippen LogP contribution < -0.4 is 10.2 Å². The quantitative estimate of drug-likeness (QED) is 0.873. The third-order valence-electron chi connectivity index (χ3n) is 2.84. The van der Waals surface area contributed by atoms with Crippen LogP contribution in [0.3, 0.4) is 0 Å². The van der Waals surface area contributed by atoms with Crippen molar-refractivity contribution in [2.45, 2.75) is 32.9 Å². The van der Waals surface area contributed by atoms with Gasteiger partial charge in [-0.2, -0.15) is 5.10 Å². The van der Waals surface area contributed by atoms with Crippen LogP contribution in [-0.4, -0.2) is 42.0 Å². The fourth-order valence-electron chi connectivity index (χ4n) is 1.76. The highest BCUT2D eigenvalue weighted by atomic mass is 16.5. The molecule has 1 fully saturated rings. The Bertz CT molecular complexity index is 366. The largest absolute Gasteiger partial charge is 0.378 e. The zero-order valence-corrected chi connectivity index (χ0v) is 11.4. The summed E-state index contributed by atoms with van der Waals surface area (Å²) in [7, 11) is 0. The first-order valence-corrected chi connectivity index (χ1v) is 6.45. The van der Waals surface area contributed by atoms with Gasteiger partial charge < -0.3 is 15.0 Å². The van der Waals surface area contributed by atoms with Gasteiger partial charge in [-0.25, -0.2) is 0 Å². The molecule has 1 saturated heterocycles. The molecule has 1 aromatic rings. The lowest BCUT2D eigenvalue weighted by molar-refractivity contribution is 0.122. The van der Waals surface area contributed by atoms with E-state index in [0.29, 0.717) is 0 Å². The fraction of sp³-hybridized carbons (Fsp3) is 0.692. The van der Waals surface area contributed by atoms with E-state index >= 15 is 0 Å². The van der Waals surface area contributed by atoms with Gasteiger partial charge in [0, 0.05) is 25.2 Å². The van der Waals surface area contributed by atoms with Crippen LogP contribution in [0.4, 0.5) is 5.82 Å². The van der Waals surface area contributed by atoms with Crippen molar-refractivity contribution in [2.75, 3.05) is 31.2 Å². The Balaban J connectivity index is 1.92. The van der Waals surface area contributed by atoms with Gasteiger partial charge in [-0.3, -0.25) is 0 Å². The maximum Gasteiger partial charge on any atom is 0.151 e. The fourth-order valence-corrected chi connectivity index (χ4v) is 1.76. The van der Waals surface area contributed by atoms with Crippen molar-refractivity contribution in [3.63, 3.8) is 0 Å². The Kier molecular flexibility index (Phi) is 4.14. The van der Waals surface area contributed by atoms with Gasteiger partial charge in [0.15, 0.2) is 5.82 Å². The molecule has 0 unspecified atom stereocenters. The zero-order valence-electron chi connectivity index (χ0n) is 11.4. The van der Waals surface area contributed by atoms with Crippen molar-refractivity contribution in [1.29, 1.82) is 0 Å². The molecule has 0 bridgehead atoms. The van der Waals surface area contributed by atoms with Crippen molar-refractivity contribution in [3.05, 3.63) is 17.8 Å². The van der Waals surface area contributed by atoms with Crippen LogP contribution in [0.15, 0.2) is 12.1 Å². The molecule has 5 nitrogen and oxygen atoms in total. The summed E-state index contributed by atoms with van der Waals surface area (Å²) in [6.45, 7) is 10.5. The molecule has 1 aliphatic heterocycles. The molecular formula is C13H22N4O. The van der Waals surface area contributed by atoms with Crippen LogP contribution in [0.5, 0.6) is 0 Å².